The van der Waals surface area contributed by atoms with Crippen molar-refractivity contribution in [2.75, 3.05) is 31.5 Å². The van der Waals surface area contributed by atoms with E-state index in [0.29, 0.717) is 0 Å². The number of nitro groups is 1. The molecule has 0 saturated carbocycles. The summed E-state index contributed by atoms with van der Waals surface area (Å²) in [5.41, 5.74) is 2.25. The number of hydrogen-bond donors (Lipinski definition) is 1. The van der Waals surface area contributed by atoms with Crippen LogP contribution in [-0.4, -0.2) is 36.0 Å². The lowest BCUT2D eigenvalue weighted by Crippen LogP contribution is -2.21. The molecule has 0 aliphatic carbocycles. The van der Waals surface area contributed by atoms with Gasteiger partial charge in [-0.05, 0) is 37.7 Å². The second-order valence-corrected chi connectivity index (χ2v) is 4.39. The van der Waals surface area contributed by atoms with E-state index in [4.69, 9.17) is 0 Å². The second-order valence-electron chi connectivity index (χ2n) is 4.39. The Kier molecular flexibility index (Phi) is 6.29. The first-order chi connectivity index (χ1) is 9.12. The Morgan fingerprint density at radius 3 is 2.37 bits per heavy atom. The molecule has 0 aromatic heterocycles. The van der Waals surface area contributed by atoms with Crippen molar-refractivity contribution >= 4 is 11.4 Å². The average molecular weight is 265 g/mol. The van der Waals surface area contributed by atoms with E-state index in [1.54, 1.807) is 12.1 Å². The molecule has 0 unspecified atom stereocenters. The fourth-order valence-corrected chi connectivity index (χ4v) is 2.08. The third kappa shape index (κ3) is 4.52. The van der Waals surface area contributed by atoms with E-state index in [2.05, 4.69) is 31.0 Å². The summed E-state index contributed by atoms with van der Waals surface area (Å²) in [6.07, 6.45) is 0.886. The van der Waals surface area contributed by atoms with Crippen molar-refractivity contribution < 1.29 is 4.92 Å². The van der Waals surface area contributed by atoms with Crippen LogP contribution in [0.5, 0.6) is 0 Å². The van der Waals surface area contributed by atoms with Gasteiger partial charge in [0, 0.05) is 24.4 Å². The van der Waals surface area contributed by atoms with Gasteiger partial charge in [-0.25, -0.2) is 0 Å². The summed E-state index contributed by atoms with van der Waals surface area (Å²) in [5.74, 6) is 0. The van der Waals surface area contributed by atoms with Crippen molar-refractivity contribution in [3.05, 3.63) is 33.9 Å². The van der Waals surface area contributed by atoms with E-state index < -0.39 is 0 Å². The van der Waals surface area contributed by atoms with Crippen LogP contribution < -0.4 is 5.32 Å². The Morgan fingerprint density at radius 2 is 1.89 bits per heavy atom. The number of benzene rings is 1. The smallest absolute Gasteiger partial charge is 0.269 e. The molecule has 1 N–H and O–H groups in total. The van der Waals surface area contributed by atoms with Gasteiger partial charge in [0.2, 0.25) is 0 Å². The molecule has 1 aliphatic rings. The number of hydrogen-bond acceptors (Lipinski definition) is 4. The normalized spacial score (nSPS) is 12.4. The SMILES string of the molecule is CCN(CC)CC.O=[N+]([O-])c1ccc2c(c1)CCN2. The minimum absolute atomic E-state index is 0.178. The zero-order chi connectivity index (χ0) is 14.3. The van der Waals surface area contributed by atoms with Crippen LogP contribution in [0.4, 0.5) is 11.4 Å². The van der Waals surface area contributed by atoms with Crippen LogP contribution in [0.25, 0.3) is 0 Å². The van der Waals surface area contributed by atoms with E-state index in [9.17, 15) is 10.1 Å². The molecule has 19 heavy (non-hydrogen) atoms. The zero-order valence-corrected chi connectivity index (χ0v) is 12.0. The Labute approximate surface area is 114 Å². The molecule has 1 aromatic carbocycles. The minimum Gasteiger partial charge on any atom is -0.384 e. The van der Waals surface area contributed by atoms with Gasteiger partial charge in [0.15, 0.2) is 0 Å². The topological polar surface area (TPSA) is 58.4 Å². The number of anilines is 1. The molecule has 1 heterocycles. The van der Waals surface area contributed by atoms with Crippen LogP contribution >= 0.6 is 0 Å². The van der Waals surface area contributed by atoms with Crippen LogP contribution in [0.15, 0.2) is 18.2 Å². The molecule has 1 aromatic rings. The highest BCUT2D eigenvalue weighted by Gasteiger charge is 2.13. The van der Waals surface area contributed by atoms with Gasteiger partial charge >= 0.3 is 0 Å². The molecule has 5 nitrogen and oxygen atoms in total. The van der Waals surface area contributed by atoms with Crippen LogP contribution in [-0.2, 0) is 6.42 Å². The third-order valence-electron chi connectivity index (χ3n) is 3.35. The standard InChI is InChI=1S/C8H8N2O2.C6H15N/c11-10(12)7-1-2-8-6(5-7)3-4-9-8;1-4-7(5-2)6-3/h1-2,5,9H,3-4H2;4-6H2,1-3H3. The Balaban J connectivity index is 0.000000224. The van der Waals surface area contributed by atoms with Gasteiger partial charge in [-0.15, -0.1) is 0 Å². The molecule has 0 bridgehead atoms. The van der Waals surface area contributed by atoms with Gasteiger partial charge in [-0.1, -0.05) is 20.8 Å². The summed E-state index contributed by atoms with van der Waals surface area (Å²) in [6.45, 7) is 11.0. The highest BCUT2D eigenvalue weighted by atomic mass is 16.6. The molecule has 106 valence electrons. The maximum absolute atomic E-state index is 10.4. The van der Waals surface area contributed by atoms with E-state index in [1.807, 2.05) is 0 Å². The first-order valence-electron chi connectivity index (χ1n) is 6.85. The molecule has 0 fully saturated rings. The number of fused-ring (bicyclic) bond motifs is 1. The van der Waals surface area contributed by atoms with Crippen molar-refractivity contribution in [3.63, 3.8) is 0 Å². The minimum atomic E-state index is -0.362. The fraction of sp³-hybridized carbons (Fsp3) is 0.571. The van der Waals surface area contributed by atoms with Crippen molar-refractivity contribution in [2.45, 2.75) is 27.2 Å². The maximum atomic E-state index is 10.4. The van der Waals surface area contributed by atoms with E-state index in [0.717, 1.165) is 24.2 Å². The molecule has 1 aliphatic heterocycles. The van der Waals surface area contributed by atoms with Crippen molar-refractivity contribution in [1.29, 1.82) is 0 Å². The van der Waals surface area contributed by atoms with Crippen molar-refractivity contribution in [1.82, 2.24) is 4.90 Å². The van der Waals surface area contributed by atoms with E-state index >= 15 is 0 Å². The fourth-order valence-electron chi connectivity index (χ4n) is 2.08. The van der Waals surface area contributed by atoms with Crippen LogP contribution in [0.3, 0.4) is 0 Å². The summed E-state index contributed by atoms with van der Waals surface area (Å²) in [4.78, 5) is 12.4. The molecule has 0 saturated heterocycles. The number of rotatable bonds is 4. The average Bonchev–Trinajstić information content (AvgIpc) is 2.88. The second kappa shape index (κ2) is 7.74. The summed E-state index contributed by atoms with van der Waals surface area (Å²) < 4.78 is 0. The highest BCUT2D eigenvalue weighted by molar-refractivity contribution is 5.59. The lowest BCUT2D eigenvalue weighted by molar-refractivity contribution is -0.384. The molecule has 0 amide bonds. The van der Waals surface area contributed by atoms with Gasteiger partial charge in [0.25, 0.3) is 5.69 Å². The predicted molar refractivity (Wildman–Crippen MR) is 78.8 cm³/mol. The van der Waals surface area contributed by atoms with Gasteiger partial charge in [0.05, 0.1) is 4.92 Å². The predicted octanol–water partition coefficient (Wildman–Crippen LogP) is 2.91. The maximum Gasteiger partial charge on any atom is 0.269 e. The molecule has 2 rings (SSSR count). The van der Waals surface area contributed by atoms with E-state index in [1.165, 1.54) is 25.7 Å². The van der Waals surface area contributed by atoms with Crippen molar-refractivity contribution in [2.24, 2.45) is 0 Å². The first kappa shape index (κ1) is 15.4. The summed E-state index contributed by atoms with van der Waals surface area (Å²) in [7, 11) is 0. The largest absolute Gasteiger partial charge is 0.384 e. The van der Waals surface area contributed by atoms with Gasteiger partial charge < -0.3 is 10.2 Å². The lowest BCUT2D eigenvalue weighted by Gasteiger charge is -2.13. The monoisotopic (exact) mass is 265 g/mol. The highest BCUT2D eigenvalue weighted by Crippen LogP contribution is 2.25. The summed E-state index contributed by atoms with van der Waals surface area (Å²) in [6, 6.07) is 4.92. The number of nitro benzene ring substituents is 1. The molecule has 0 spiro atoms. The molecule has 0 radical (unpaired) electrons. The summed E-state index contributed by atoms with van der Waals surface area (Å²) >= 11 is 0. The van der Waals surface area contributed by atoms with Crippen LogP contribution in [0.1, 0.15) is 26.3 Å². The third-order valence-corrected chi connectivity index (χ3v) is 3.35. The number of nitrogens with one attached hydrogen (secondary N) is 1. The quantitative estimate of drug-likeness (QED) is 0.671. The summed E-state index contributed by atoms with van der Waals surface area (Å²) in [5, 5.41) is 13.5. The number of nitrogens with zero attached hydrogens (tertiary/aromatic N) is 2. The van der Waals surface area contributed by atoms with Crippen molar-refractivity contribution in [3.8, 4) is 0 Å². The van der Waals surface area contributed by atoms with Gasteiger partial charge in [0.1, 0.15) is 0 Å². The first-order valence-corrected chi connectivity index (χ1v) is 6.85. The van der Waals surface area contributed by atoms with Crippen LogP contribution in [0, 0.1) is 10.1 Å². The Hall–Kier alpha value is -1.62. The molecular weight excluding hydrogens is 242 g/mol. The van der Waals surface area contributed by atoms with E-state index in [-0.39, 0.29) is 10.6 Å². The number of non-ortho nitro benzene ring substituents is 1. The Morgan fingerprint density at radius 1 is 1.26 bits per heavy atom. The lowest BCUT2D eigenvalue weighted by atomic mass is 10.1. The molecule has 5 heteroatoms. The van der Waals surface area contributed by atoms with Gasteiger partial charge in [-0.3, -0.25) is 10.1 Å². The molecule has 0 atom stereocenters. The Bertz CT molecular complexity index is 412. The zero-order valence-electron chi connectivity index (χ0n) is 12.0. The van der Waals surface area contributed by atoms with Crippen LogP contribution in [0.2, 0.25) is 0 Å². The molecular formula is C14H23N3O2. The van der Waals surface area contributed by atoms with Gasteiger partial charge in [-0.2, -0.15) is 0 Å².